The maximum atomic E-state index is 11.6. The molecule has 18 heavy (non-hydrogen) atoms. The van der Waals surface area contributed by atoms with Crippen molar-refractivity contribution in [1.82, 2.24) is 4.98 Å². The Bertz CT molecular complexity index is 427. The highest BCUT2D eigenvalue weighted by Crippen LogP contribution is 2.41. The summed E-state index contributed by atoms with van der Waals surface area (Å²) in [6.45, 7) is 2.79. The molecule has 0 amide bonds. The van der Waals surface area contributed by atoms with Crippen molar-refractivity contribution in [2.24, 2.45) is 0 Å². The second kappa shape index (κ2) is 5.85. The Morgan fingerprint density at radius 3 is 2.83 bits per heavy atom. The van der Waals surface area contributed by atoms with Gasteiger partial charge < -0.3 is 9.47 Å². The van der Waals surface area contributed by atoms with Crippen LogP contribution in [0.3, 0.4) is 0 Å². The van der Waals surface area contributed by atoms with Gasteiger partial charge in [0.15, 0.2) is 0 Å². The number of aromatic nitrogens is 1. The molecule has 1 fully saturated rings. The van der Waals surface area contributed by atoms with E-state index in [1.54, 1.807) is 12.1 Å². The molecule has 0 saturated heterocycles. The summed E-state index contributed by atoms with van der Waals surface area (Å²) in [6, 6.07) is 3.50. The van der Waals surface area contributed by atoms with Crippen LogP contribution in [0.25, 0.3) is 0 Å². The van der Waals surface area contributed by atoms with E-state index in [0.717, 1.165) is 31.4 Å². The summed E-state index contributed by atoms with van der Waals surface area (Å²) >= 11 is 0. The van der Waals surface area contributed by atoms with Crippen molar-refractivity contribution in [2.75, 3.05) is 13.7 Å². The summed E-state index contributed by atoms with van der Waals surface area (Å²) in [5.41, 5.74) is 1.40. The fourth-order valence-electron chi connectivity index (χ4n) is 1.81. The Morgan fingerprint density at radius 1 is 1.44 bits per heavy atom. The highest BCUT2D eigenvalue weighted by atomic mass is 16.5. The van der Waals surface area contributed by atoms with Crippen LogP contribution in [-0.2, 0) is 4.74 Å². The number of hydrogen-bond donors (Lipinski definition) is 0. The average molecular weight is 249 g/mol. The number of nitrogens with zero attached hydrogens (tertiary/aromatic N) is 1. The van der Waals surface area contributed by atoms with Crippen LogP contribution in [-0.4, -0.2) is 24.7 Å². The third-order valence-electron chi connectivity index (χ3n) is 3.02. The first-order chi connectivity index (χ1) is 8.76. The molecule has 0 N–H and O–H groups in total. The number of methoxy groups -OCH3 is 1. The minimum atomic E-state index is -0.315. The van der Waals surface area contributed by atoms with Crippen LogP contribution in [0.2, 0.25) is 0 Å². The van der Waals surface area contributed by atoms with Gasteiger partial charge in [-0.25, -0.2) is 9.78 Å². The van der Waals surface area contributed by atoms with Crippen molar-refractivity contribution in [1.29, 1.82) is 0 Å². The van der Waals surface area contributed by atoms with Gasteiger partial charge in [0.25, 0.3) is 0 Å². The number of hydrogen-bond acceptors (Lipinski definition) is 4. The zero-order valence-electron chi connectivity index (χ0n) is 10.9. The van der Waals surface area contributed by atoms with E-state index < -0.39 is 0 Å². The fraction of sp³-hybridized carbons (Fsp3) is 0.571. The van der Waals surface area contributed by atoms with Crippen LogP contribution < -0.4 is 4.74 Å². The maximum Gasteiger partial charge on any atom is 0.339 e. The Balaban J connectivity index is 2.15. The molecular formula is C14H19NO3. The number of unbranched alkanes of at least 4 members (excludes halogenated alkanes) is 1. The van der Waals surface area contributed by atoms with Crippen molar-refractivity contribution in [2.45, 2.75) is 38.5 Å². The summed E-state index contributed by atoms with van der Waals surface area (Å²) in [4.78, 5) is 16.1. The van der Waals surface area contributed by atoms with E-state index in [-0.39, 0.29) is 5.97 Å². The molecule has 1 aliphatic carbocycles. The standard InChI is InChI=1S/C14H19NO3/c1-3-4-9-18-12-8-7-11(14(16)17-2)13(15-12)10-5-6-10/h7-8,10H,3-6,9H2,1-2H3. The molecule has 4 nitrogen and oxygen atoms in total. The zero-order valence-corrected chi connectivity index (χ0v) is 10.9. The largest absolute Gasteiger partial charge is 0.478 e. The molecule has 0 radical (unpaired) electrons. The number of carbonyl (C=O) groups excluding carboxylic acids is 1. The van der Waals surface area contributed by atoms with Crippen molar-refractivity contribution in [3.8, 4) is 5.88 Å². The smallest absolute Gasteiger partial charge is 0.339 e. The Kier molecular flexibility index (Phi) is 4.18. The summed E-state index contributed by atoms with van der Waals surface area (Å²) in [6.07, 6.45) is 4.29. The monoisotopic (exact) mass is 249 g/mol. The fourth-order valence-corrected chi connectivity index (χ4v) is 1.81. The molecule has 1 heterocycles. The molecule has 0 aliphatic heterocycles. The molecule has 1 aliphatic rings. The first-order valence-electron chi connectivity index (χ1n) is 6.48. The summed E-state index contributed by atoms with van der Waals surface area (Å²) in [5, 5.41) is 0. The second-order valence-corrected chi connectivity index (χ2v) is 4.55. The van der Waals surface area contributed by atoms with Crippen LogP contribution >= 0.6 is 0 Å². The lowest BCUT2D eigenvalue weighted by Crippen LogP contribution is -2.08. The lowest BCUT2D eigenvalue weighted by atomic mass is 10.1. The molecule has 4 heteroatoms. The second-order valence-electron chi connectivity index (χ2n) is 4.55. The number of esters is 1. The van der Waals surface area contributed by atoms with Crippen LogP contribution in [0.4, 0.5) is 0 Å². The predicted octanol–water partition coefficient (Wildman–Crippen LogP) is 2.92. The van der Waals surface area contributed by atoms with E-state index in [4.69, 9.17) is 9.47 Å². The molecule has 0 spiro atoms. The lowest BCUT2D eigenvalue weighted by Gasteiger charge is -2.09. The van der Waals surface area contributed by atoms with Crippen molar-refractivity contribution in [3.63, 3.8) is 0 Å². The third-order valence-corrected chi connectivity index (χ3v) is 3.02. The highest BCUT2D eigenvalue weighted by Gasteiger charge is 2.30. The first-order valence-corrected chi connectivity index (χ1v) is 6.48. The lowest BCUT2D eigenvalue weighted by molar-refractivity contribution is 0.0598. The molecule has 0 atom stereocenters. The van der Waals surface area contributed by atoms with Gasteiger partial charge in [-0.15, -0.1) is 0 Å². The molecule has 0 unspecified atom stereocenters. The number of pyridine rings is 1. The van der Waals surface area contributed by atoms with Gasteiger partial charge in [0.05, 0.1) is 25.0 Å². The highest BCUT2D eigenvalue weighted by molar-refractivity contribution is 5.90. The van der Waals surface area contributed by atoms with Crippen LogP contribution in [0.15, 0.2) is 12.1 Å². The first kappa shape index (κ1) is 12.9. The average Bonchev–Trinajstić information content (AvgIpc) is 3.22. The summed E-state index contributed by atoms with van der Waals surface area (Å²) in [5.74, 6) is 0.691. The third kappa shape index (κ3) is 3.00. The van der Waals surface area contributed by atoms with Crippen LogP contribution in [0, 0.1) is 0 Å². The predicted molar refractivity (Wildman–Crippen MR) is 68.0 cm³/mol. The molecule has 1 saturated carbocycles. The Labute approximate surface area is 107 Å². The molecule has 0 bridgehead atoms. The molecule has 0 aromatic carbocycles. The summed E-state index contributed by atoms with van der Waals surface area (Å²) in [7, 11) is 1.39. The van der Waals surface area contributed by atoms with Crippen molar-refractivity contribution in [3.05, 3.63) is 23.4 Å². The maximum absolute atomic E-state index is 11.6. The minimum Gasteiger partial charge on any atom is -0.478 e. The van der Waals surface area contributed by atoms with Crippen LogP contribution in [0.1, 0.15) is 54.6 Å². The summed E-state index contributed by atoms with van der Waals surface area (Å²) < 4.78 is 10.3. The SMILES string of the molecule is CCCCOc1ccc(C(=O)OC)c(C2CC2)n1. The van der Waals surface area contributed by atoms with Gasteiger partial charge in [-0.2, -0.15) is 0 Å². The van der Waals surface area contributed by atoms with Gasteiger partial charge in [0, 0.05) is 12.0 Å². The molecular weight excluding hydrogens is 230 g/mol. The van der Waals surface area contributed by atoms with Crippen molar-refractivity contribution < 1.29 is 14.3 Å². The zero-order chi connectivity index (χ0) is 13.0. The van der Waals surface area contributed by atoms with Gasteiger partial charge in [-0.1, -0.05) is 13.3 Å². The van der Waals surface area contributed by atoms with E-state index in [2.05, 4.69) is 11.9 Å². The molecule has 98 valence electrons. The molecule has 1 aromatic heterocycles. The molecule has 1 aromatic rings. The van der Waals surface area contributed by atoms with Crippen LogP contribution in [0.5, 0.6) is 5.88 Å². The van der Waals surface area contributed by atoms with Gasteiger partial charge >= 0.3 is 5.97 Å². The number of ether oxygens (including phenoxy) is 2. The quantitative estimate of drug-likeness (QED) is 0.574. The van der Waals surface area contributed by atoms with Gasteiger partial charge in [-0.3, -0.25) is 0 Å². The van der Waals surface area contributed by atoms with E-state index in [1.807, 2.05) is 0 Å². The van der Waals surface area contributed by atoms with E-state index >= 15 is 0 Å². The normalized spacial score (nSPS) is 14.3. The number of carbonyl (C=O) groups is 1. The Hall–Kier alpha value is -1.58. The molecule has 2 rings (SSSR count). The Morgan fingerprint density at radius 2 is 2.22 bits per heavy atom. The minimum absolute atomic E-state index is 0.315. The van der Waals surface area contributed by atoms with E-state index in [0.29, 0.717) is 24.0 Å². The van der Waals surface area contributed by atoms with Gasteiger partial charge in [-0.05, 0) is 25.3 Å². The van der Waals surface area contributed by atoms with Gasteiger partial charge in [0.1, 0.15) is 0 Å². The number of rotatable bonds is 6. The van der Waals surface area contributed by atoms with Crippen molar-refractivity contribution >= 4 is 5.97 Å². The topological polar surface area (TPSA) is 48.4 Å². The van der Waals surface area contributed by atoms with Gasteiger partial charge in [0.2, 0.25) is 5.88 Å². The van der Waals surface area contributed by atoms with E-state index in [9.17, 15) is 4.79 Å². The van der Waals surface area contributed by atoms with E-state index in [1.165, 1.54) is 7.11 Å².